The van der Waals surface area contributed by atoms with Crippen molar-refractivity contribution in [2.24, 2.45) is 0 Å². The molecule has 1 aliphatic heterocycles. The number of aryl methyl sites for hydroxylation is 1. The summed E-state index contributed by atoms with van der Waals surface area (Å²) in [5.41, 5.74) is 2.21. The highest BCUT2D eigenvalue weighted by Gasteiger charge is 2.19. The zero-order valence-corrected chi connectivity index (χ0v) is 12.1. The molecule has 1 fully saturated rings. The standard InChI is InChI=1S/C16H24N2O/c1-3-18(15-9-7-8-14(2)12-15)16(19)13-17-10-5-4-6-11-17/h7-9,12H,3-6,10-11,13H2,1-2H3. The van der Waals surface area contributed by atoms with E-state index in [4.69, 9.17) is 0 Å². The number of rotatable bonds is 4. The van der Waals surface area contributed by atoms with E-state index >= 15 is 0 Å². The van der Waals surface area contributed by atoms with Crippen LogP contribution in [0.2, 0.25) is 0 Å². The van der Waals surface area contributed by atoms with Gasteiger partial charge in [-0.1, -0.05) is 18.6 Å². The molecule has 1 saturated heterocycles. The first kappa shape index (κ1) is 14.1. The first-order valence-electron chi connectivity index (χ1n) is 7.30. The Kier molecular flexibility index (Phi) is 4.97. The van der Waals surface area contributed by atoms with Crippen molar-refractivity contribution in [2.45, 2.75) is 33.1 Å². The topological polar surface area (TPSA) is 23.6 Å². The smallest absolute Gasteiger partial charge is 0.241 e. The second-order valence-electron chi connectivity index (χ2n) is 5.31. The number of piperidine rings is 1. The molecule has 1 amide bonds. The van der Waals surface area contributed by atoms with Crippen LogP contribution in [0.3, 0.4) is 0 Å². The molecular formula is C16H24N2O. The lowest BCUT2D eigenvalue weighted by molar-refractivity contribution is -0.119. The second kappa shape index (κ2) is 6.71. The normalized spacial score (nSPS) is 16.3. The van der Waals surface area contributed by atoms with Crippen molar-refractivity contribution in [1.29, 1.82) is 0 Å². The van der Waals surface area contributed by atoms with Crippen LogP contribution in [0.25, 0.3) is 0 Å². The molecule has 3 nitrogen and oxygen atoms in total. The first-order chi connectivity index (χ1) is 9.20. The molecule has 1 aliphatic rings. The van der Waals surface area contributed by atoms with Crippen molar-refractivity contribution < 1.29 is 4.79 Å². The van der Waals surface area contributed by atoms with E-state index in [-0.39, 0.29) is 5.91 Å². The molecule has 1 heterocycles. The highest BCUT2D eigenvalue weighted by atomic mass is 16.2. The van der Waals surface area contributed by atoms with Gasteiger partial charge in [-0.15, -0.1) is 0 Å². The van der Waals surface area contributed by atoms with Crippen molar-refractivity contribution in [3.63, 3.8) is 0 Å². The van der Waals surface area contributed by atoms with Crippen LogP contribution < -0.4 is 4.90 Å². The number of benzene rings is 1. The molecule has 0 radical (unpaired) electrons. The number of nitrogens with zero attached hydrogens (tertiary/aromatic N) is 2. The summed E-state index contributed by atoms with van der Waals surface area (Å²) < 4.78 is 0. The van der Waals surface area contributed by atoms with Crippen LogP contribution >= 0.6 is 0 Å². The number of hydrogen-bond acceptors (Lipinski definition) is 2. The van der Waals surface area contributed by atoms with Gasteiger partial charge in [-0.25, -0.2) is 0 Å². The van der Waals surface area contributed by atoms with Gasteiger partial charge in [-0.05, 0) is 57.5 Å². The molecule has 19 heavy (non-hydrogen) atoms. The molecule has 2 rings (SSSR count). The van der Waals surface area contributed by atoms with Gasteiger partial charge in [-0.2, -0.15) is 0 Å². The maximum atomic E-state index is 12.4. The summed E-state index contributed by atoms with van der Waals surface area (Å²) in [6.07, 6.45) is 3.76. The zero-order valence-electron chi connectivity index (χ0n) is 12.1. The third kappa shape index (κ3) is 3.80. The minimum Gasteiger partial charge on any atom is -0.312 e. The average molecular weight is 260 g/mol. The lowest BCUT2D eigenvalue weighted by atomic mass is 10.1. The summed E-state index contributed by atoms with van der Waals surface area (Å²) in [5, 5.41) is 0. The van der Waals surface area contributed by atoms with E-state index < -0.39 is 0 Å². The number of hydrogen-bond donors (Lipinski definition) is 0. The van der Waals surface area contributed by atoms with Gasteiger partial charge in [0.15, 0.2) is 0 Å². The number of likely N-dealkylation sites (N-methyl/N-ethyl adjacent to an activating group) is 1. The van der Waals surface area contributed by atoms with Gasteiger partial charge in [0.25, 0.3) is 0 Å². The summed E-state index contributed by atoms with van der Waals surface area (Å²) >= 11 is 0. The average Bonchev–Trinajstić information content (AvgIpc) is 2.41. The van der Waals surface area contributed by atoms with Crippen molar-refractivity contribution >= 4 is 11.6 Å². The predicted molar refractivity (Wildman–Crippen MR) is 79.5 cm³/mol. The fourth-order valence-corrected chi connectivity index (χ4v) is 2.69. The molecule has 0 aromatic heterocycles. The quantitative estimate of drug-likeness (QED) is 0.831. The minimum atomic E-state index is 0.218. The Hall–Kier alpha value is -1.35. The van der Waals surface area contributed by atoms with Crippen molar-refractivity contribution in [1.82, 2.24) is 4.90 Å². The summed E-state index contributed by atoms with van der Waals surface area (Å²) in [4.78, 5) is 16.6. The third-order valence-corrected chi connectivity index (χ3v) is 3.74. The van der Waals surface area contributed by atoms with Crippen molar-refractivity contribution in [2.75, 3.05) is 31.1 Å². The van der Waals surface area contributed by atoms with E-state index in [2.05, 4.69) is 24.0 Å². The number of amides is 1. The number of likely N-dealkylation sites (tertiary alicyclic amines) is 1. The molecule has 0 N–H and O–H groups in total. The predicted octanol–water partition coefficient (Wildman–Crippen LogP) is 2.83. The Balaban J connectivity index is 2.02. The lowest BCUT2D eigenvalue weighted by Gasteiger charge is -2.29. The highest BCUT2D eigenvalue weighted by molar-refractivity contribution is 5.94. The molecule has 0 aliphatic carbocycles. The Bertz CT molecular complexity index is 425. The molecule has 1 aromatic rings. The number of anilines is 1. The summed E-state index contributed by atoms with van der Waals surface area (Å²) in [6.45, 7) is 7.52. The lowest BCUT2D eigenvalue weighted by Crippen LogP contribution is -2.42. The zero-order chi connectivity index (χ0) is 13.7. The van der Waals surface area contributed by atoms with Gasteiger partial charge in [0.2, 0.25) is 5.91 Å². The molecule has 0 saturated carbocycles. The van der Waals surface area contributed by atoms with Crippen molar-refractivity contribution in [3.05, 3.63) is 29.8 Å². The van der Waals surface area contributed by atoms with Crippen LogP contribution in [0.5, 0.6) is 0 Å². The maximum absolute atomic E-state index is 12.4. The summed E-state index contributed by atoms with van der Waals surface area (Å²) in [7, 11) is 0. The van der Waals surface area contributed by atoms with Crippen LogP contribution in [0.4, 0.5) is 5.69 Å². The monoisotopic (exact) mass is 260 g/mol. The van der Waals surface area contributed by atoms with Gasteiger partial charge in [0.1, 0.15) is 0 Å². The van der Waals surface area contributed by atoms with Gasteiger partial charge in [-0.3, -0.25) is 9.69 Å². The summed E-state index contributed by atoms with van der Waals surface area (Å²) in [5.74, 6) is 0.218. The van der Waals surface area contributed by atoms with Crippen LogP contribution in [0, 0.1) is 6.92 Å². The Morgan fingerprint density at radius 2 is 2.00 bits per heavy atom. The largest absolute Gasteiger partial charge is 0.312 e. The highest BCUT2D eigenvalue weighted by Crippen LogP contribution is 2.17. The van der Waals surface area contributed by atoms with E-state index in [1.807, 2.05) is 24.0 Å². The molecule has 104 valence electrons. The van der Waals surface area contributed by atoms with Crippen LogP contribution in [-0.4, -0.2) is 37.0 Å². The van der Waals surface area contributed by atoms with Gasteiger partial charge in [0.05, 0.1) is 6.54 Å². The number of carbonyl (C=O) groups excluding carboxylic acids is 1. The van der Waals surface area contributed by atoms with Crippen molar-refractivity contribution in [3.8, 4) is 0 Å². The maximum Gasteiger partial charge on any atom is 0.241 e. The Labute approximate surface area is 116 Å². The molecule has 3 heteroatoms. The SMILES string of the molecule is CCN(C(=O)CN1CCCCC1)c1cccc(C)c1. The summed E-state index contributed by atoms with van der Waals surface area (Å²) in [6, 6.07) is 8.18. The fraction of sp³-hybridized carbons (Fsp3) is 0.562. The third-order valence-electron chi connectivity index (χ3n) is 3.74. The Morgan fingerprint density at radius 1 is 1.26 bits per heavy atom. The van der Waals surface area contributed by atoms with Gasteiger partial charge in [0, 0.05) is 12.2 Å². The van der Waals surface area contributed by atoms with E-state index in [0.717, 1.165) is 25.3 Å². The second-order valence-corrected chi connectivity index (χ2v) is 5.31. The first-order valence-corrected chi connectivity index (χ1v) is 7.30. The Morgan fingerprint density at radius 3 is 2.63 bits per heavy atom. The van der Waals surface area contributed by atoms with Crippen LogP contribution in [0.15, 0.2) is 24.3 Å². The van der Waals surface area contributed by atoms with E-state index in [1.165, 1.54) is 24.8 Å². The fourth-order valence-electron chi connectivity index (χ4n) is 2.69. The van der Waals surface area contributed by atoms with Crippen LogP contribution in [0.1, 0.15) is 31.7 Å². The molecular weight excluding hydrogens is 236 g/mol. The molecule has 0 bridgehead atoms. The van der Waals surface area contributed by atoms with Gasteiger partial charge < -0.3 is 4.90 Å². The van der Waals surface area contributed by atoms with E-state index in [1.54, 1.807) is 0 Å². The van der Waals surface area contributed by atoms with Crippen LogP contribution in [-0.2, 0) is 4.79 Å². The van der Waals surface area contributed by atoms with E-state index in [0.29, 0.717) is 6.54 Å². The molecule has 0 unspecified atom stereocenters. The molecule has 1 aromatic carbocycles. The van der Waals surface area contributed by atoms with E-state index in [9.17, 15) is 4.79 Å². The number of carbonyl (C=O) groups is 1. The molecule has 0 spiro atoms. The minimum absolute atomic E-state index is 0.218. The molecule has 0 atom stereocenters. The van der Waals surface area contributed by atoms with Gasteiger partial charge >= 0.3 is 0 Å².